The van der Waals surface area contributed by atoms with E-state index in [-0.39, 0.29) is 11.7 Å². The molecule has 182 valence electrons. The number of aromatic nitrogens is 2. The van der Waals surface area contributed by atoms with Gasteiger partial charge >= 0.3 is 0 Å². The molecule has 7 nitrogen and oxygen atoms in total. The molecule has 1 amide bonds. The third-order valence-electron chi connectivity index (χ3n) is 6.78. The van der Waals surface area contributed by atoms with Crippen molar-refractivity contribution in [3.63, 3.8) is 0 Å². The van der Waals surface area contributed by atoms with E-state index >= 15 is 0 Å². The van der Waals surface area contributed by atoms with Gasteiger partial charge < -0.3 is 25.3 Å². The number of methoxy groups -OCH3 is 1. The monoisotopic (exact) mass is 475 g/mol. The number of piperidine rings is 1. The summed E-state index contributed by atoms with van der Waals surface area (Å²) >= 11 is 0. The number of likely N-dealkylation sites (tertiary alicyclic amines) is 1. The number of anilines is 2. The molecule has 2 aromatic carbocycles. The maximum atomic E-state index is 14.5. The summed E-state index contributed by atoms with van der Waals surface area (Å²) in [5.74, 6) is -0.0259. The Morgan fingerprint density at radius 2 is 2.06 bits per heavy atom. The largest absolute Gasteiger partial charge is 0.383 e. The van der Waals surface area contributed by atoms with Crippen LogP contribution in [-0.4, -0.2) is 60.2 Å². The summed E-state index contributed by atoms with van der Waals surface area (Å²) in [5.41, 5.74) is 4.69. The Morgan fingerprint density at radius 3 is 2.77 bits per heavy atom. The molecule has 3 heterocycles. The van der Waals surface area contributed by atoms with Crippen LogP contribution in [-0.2, 0) is 9.53 Å². The molecule has 2 aliphatic rings. The van der Waals surface area contributed by atoms with Crippen molar-refractivity contribution in [2.24, 2.45) is 0 Å². The molecule has 8 heteroatoms. The predicted molar refractivity (Wildman–Crippen MR) is 136 cm³/mol. The average Bonchev–Trinajstić information content (AvgIpc) is 3.50. The molecule has 1 aromatic heterocycles. The van der Waals surface area contributed by atoms with Crippen molar-refractivity contribution >= 4 is 28.4 Å². The van der Waals surface area contributed by atoms with Gasteiger partial charge in [0.1, 0.15) is 11.6 Å². The Morgan fingerprint density at radius 1 is 1.23 bits per heavy atom. The molecular weight excluding hydrogens is 445 g/mol. The van der Waals surface area contributed by atoms with E-state index < -0.39 is 0 Å². The minimum absolute atomic E-state index is 0.226. The van der Waals surface area contributed by atoms with Gasteiger partial charge in [-0.1, -0.05) is 12.1 Å². The lowest BCUT2D eigenvalue weighted by Gasteiger charge is -2.32. The van der Waals surface area contributed by atoms with Gasteiger partial charge in [0, 0.05) is 67.7 Å². The molecule has 3 aromatic rings. The topological polar surface area (TPSA) is 82.3 Å². The maximum Gasteiger partial charge on any atom is 0.257 e. The molecular formula is C27H30FN5O2. The van der Waals surface area contributed by atoms with Crippen LogP contribution in [0, 0.1) is 12.7 Å². The number of nitrogens with zero attached hydrogens (tertiary/aromatic N) is 2. The number of benzene rings is 2. The van der Waals surface area contributed by atoms with E-state index in [0.717, 1.165) is 56.0 Å². The van der Waals surface area contributed by atoms with Gasteiger partial charge in [-0.25, -0.2) is 9.37 Å². The number of H-pyrrole nitrogens is 1. The highest BCUT2D eigenvalue weighted by Crippen LogP contribution is 2.40. The molecule has 1 fully saturated rings. The number of carbonyl (C=O) groups excluding carboxylic acids is 1. The van der Waals surface area contributed by atoms with Crippen molar-refractivity contribution in [3.05, 3.63) is 77.1 Å². The Kier molecular flexibility index (Phi) is 6.66. The lowest BCUT2D eigenvalue weighted by molar-refractivity contribution is -0.110. The van der Waals surface area contributed by atoms with E-state index in [0.29, 0.717) is 34.1 Å². The van der Waals surface area contributed by atoms with Crippen LogP contribution in [0.25, 0.3) is 11.1 Å². The van der Waals surface area contributed by atoms with Crippen molar-refractivity contribution in [2.45, 2.75) is 25.8 Å². The number of halogens is 1. The number of imidazole rings is 1. The summed E-state index contributed by atoms with van der Waals surface area (Å²) in [7, 11) is 1.73. The lowest BCUT2D eigenvalue weighted by atomic mass is 9.93. The Bertz CT molecular complexity index is 1250. The SMILES string of the molecule is COCCN1CCC(Nc2ccc3c(c2)/C(=C(\c2ccc(C)c(F)c2)c2ncc[nH]2)C(=O)N3)CC1. The van der Waals surface area contributed by atoms with E-state index in [2.05, 4.69) is 25.5 Å². The second kappa shape index (κ2) is 10.0. The first-order valence-electron chi connectivity index (χ1n) is 12.0. The van der Waals surface area contributed by atoms with Crippen LogP contribution in [0.1, 0.15) is 35.4 Å². The molecule has 5 rings (SSSR count). The molecule has 35 heavy (non-hydrogen) atoms. The van der Waals surface area contributed by atoms with Gasteiger partial charge in [0.05, 0.1) is 12.2 Å². The second-order valence-electron chi connectivity index (χ2n) is 9.12. The Hall–Kier alpha value is -3.49. The van der Waals surface area contributed by atoms with E-state index in [9.17, 15) is 9.18 Å². The second-order valence-corrected chi connectivity index (χ2v) is 9.12. The van der Waals surface area contributed by atoms with Crippen molar-refractivity contribution < 1.29 is 13.9 Å². The van der Waals surface area contributed by atoms with Crippen LogP contribution >= 0.6 is 0 Å². The van der Waals surface area contributed by atoms with Crippen molar-refractivity contribution in [3.8, 4) is 0 Å². The number of nitrogens with one attached hydrogen (secondary N) is 3. The summed E-state index contributed by atoms with van der Waals surface area (Å²) < 4.78 is 19.7. The van der Waals surface area contributed by atoms with E-state index in [1.807, 2.05) is 24.3 Å². The number of ether oxygens (including phenoxy) is 1. The van der Waals surface area contributed by atoms with Gasteiger partial charge in [-0.05, 0) is 55.2 Å². The number of aryl methyl sites for hydroxylation is 1. The first kappa shape index (κ1) is 23.3. The summed E-state index contributed by atoms with van der Waals surface area (Å²) in [6, 6.07) is 11.3. The van der Waals surface area contributed by atoms with Crippen LogP contribution in [0.2, 0.25) is 0 Å². The maximum absolute atomic E-state index is 14.5. The third kappa shape index (κ3) is 4.85. The molecule has 2 aliphatic heterocycles. The van der Waals surface area contributed by atoms with Crippen LogP contribution in [0.4, 0.5) is 15.8 Å². The number of rotatable bonds is 7. The Labute approximate surface area is 204 Å². The highest BCUT2D eigenvalue weighted by molar-refractivity contribution is 6.38. The molecule has 0 saturated carbocycles. The van der Waals surface area contributed by atoms with Gasteiger partial charge in [-0.3, -0.25) is 4.79 Å². The van der Waals surface area contributed by atoms with Gasteiger partial charge in [0.15, 0.2) is 0 Å². The van der Waals surface area contributed by atoms with Crippen LogP contribution in [0.5, 0.6) is 0 Å². The quantitative estimate of drug-likeness (QED) is 0.444. The number of hydrogen-bond acceptors (Lipinski definition) is 5. The fraction of sp³-hybridized carbons (Fsp3) is 0.333. The van der Waals surface area contributed by atoms with Gasteiger partial charge in [0.2, 0.25) is 0 Å². The number of carbonyl (C=O) groups is 1. The molecule has 0 aliphatic carbocycles. The minimum Gasteiger partial charge on any atom is -0.383 e. The van der Waals surface area contributed by atoms with Gasteiger partial charge in [0.25, 0.3) is 5.91 Å². The lowest BCUT2D eigenvalue weighted by Crippen LogP contribution is -2.40. The number of fused-ring (bicyclic) bond motifs is 1. The molecule has 0 spiro atoms. The fourth-order valence-electron chi connectivity index (χ4n) is 4.81. The summed E-state index contributed by atoms with van der Waals surface area (Å²) in [6.07, 6.45) is 5.41. The summed E-state index contributed by atoms with van der Waals surface area (Å²) in [5, 5.41) is 6.61. The predicted octanol–water partition coefficient (Wildman–Crippen LogP) is 4.29. The van der Waals surface area contributed by atoms with E-state index in [1.54, 1.807) is 32.5 Å². The normalized spacial score (nSPS) is 17.9. The highest BCUT2D eigenvalue weighted by Gasteiger charge is 2.30. The first-order chi connectivity index (χ1) is 17.0. The molecule has 1 saturated heterocycles. The van der Waals surface area contributed by atoms with E-state index in [1.165, 1.54) is 6.07 Å². The molecule has 0 radical (unpaired) electrons. The smallest absolute Gasteiger partial charge is 0.257 e. The summed E-state index contributed by atoms with van der Waals surface area (Å²) in [4.78, 5) is 23.1. The van der Waals surface area contributed by atoms with Crippen LogP contribution in [0.3, 0.4) is 0 Å². The highest BCUT2D eigenvalue weighted by atomic mass is 19.1. The molecule has 0 atom stereocenters. The standard InChI is InChI=1S/C27H30FN5O2/c1-17-3-4-18(15-22(17)28)24(26-29-9-10-30-26)25-21-16-20(5-6-23(21)32-27(25)34)31-19-7-11-33(12-8-19)13-14-35-2/h3-6,9-10,15-16,19,31H,7-8,11-14H2,1-2H3,(H,29,30)(H,32,34)/b25-24-. The zero-order chi connectivity index (χ0) is 24.4. The molecule has 3 N–H and O–H groups in total. The number of amides is 1. The molecule has 0 bridgehead atoms. The van der Waals surface area contributed by atoms with Gasteiger partial charge in [-0.15, -0.1) is 0 Å². The van der Waals surface area contributed by atoms with E-state index in [4.69, 9.17) is 4.74 Å². The van der Waals surface area contributed by atoms with Crippen molar-refractivity contribution in [1.29, 1.82) is 0 Å². The third-order valence-corrected chi connectivity index (χ3v) is 6.78. The van der Waals surface area contributed by atoms with Crippen molar-refractivity contribution in [1.82, 2.24) is 14.9 Å². The zero-order valence-electron chi connectivity index (χ0n) is 20.0. The average molecular weight is 476 g/mol. The fourth-order valence-corrected chi connectivity index (χ4v) is 4.81. The summed E-state index contributed by atoms with van der Waals surface area (Å²) in [6.45, 7) is 5.48. The Balaban J connectivity index is 1.47. The van der Waals surface area contributed by atoms with Crippen LogP contribution in [0.15, 0.2) is 48.8 Å². The zero-order valence-corrected chi connectivity index (χ0v) is 20.0. The first-order valence-corrected chi connectivity index (χ1v) is 12.0. The number of hydrogen-bond donors (Lipinski definition) is 3. The molecule has 0 unspecified atom stereocenters. The van der Waals surface area contributed by atoms with Crippen LogP contribution < -0.4 is 10.6 Å². The number of aromatic amines is 1. The minimum atomic E-state index is -0.321. The van der Waals surface area contributed by atoms with Gasteiger partial charge in [-0.2, -0.15) is 0 Å². The van der Waals surface area contributed by atoms with Crippen molar-refractivity contribution in [2.75, 3.05) is 44.0 Å².